The molecule has 24 heteroatoms. The lowest BCUT2D eigenvalue weighted by Gasteiger charge is -2.24. The van der Waals surface area contributed by atoms with Crippen LogP contribution in [0.3, 0.4) is 0 Å². The van der Waals surface area contributed by atoms with Crippen molar-refractivity contribution in [3.63, 3.8) is 0 Å². The van der Waals surface area contributed by atoms with E-state index < -0.39 is 30.0 Å². The zero-order valence-corrected chi connectivity index (χ0v) is 45.0. The molecule has 2 aromatic carbocycles. The van der Waals surface area contributed by atoms with Crippen LogP contribution in [0.15, 0.2) is 71.7 Å². The molecule has 0 bridgehead atoms. The van der Waals surface area contributed by atoms with Crippen molar-refractivity contribution in [2.75, 3.05) is 78.7 Å². The van der Waals surface area contributed by atoms with Crippen LogP contribution in [0.4, 0.5) is 15.4 Å². The molecule has 0 saturated heterocycles. The standard InChI is InChI=1S/C54H73N11O13/c1-35(2)44(30-42(67)18-21-73-23-25-75-27-28-76-26-24-74-22-20-57-37(4)66)51(69)62-45(7-6-19-58-52(56)70)46(68)29-38-8-10-40(11-9-38)34-77-54(72)64(5)32-39-12-15-43(16-13-39)78-47-17-14-41(31-59-47)33-65-50-48(63-53(65)71)49(55)60-36(3)61-50/h8-17,31,35,44-45H,6-7,18-30,32-34H2,1-5H3,(H,57,66)(H,62,69)(H,63,71)(H2,55,60,61)(H3,56,58,70)/t44-,45-/m0/s1. The van der Waals surface area contributed by atoms with E-state index in [0.717, 1.165) is 11.1 Å². The summed E-state index contributed by atoms with van der Waals surface area (Å²) in [6.07, 6.45) is 1.71. The van der Waals surface area contributed by atoms with Gasteiger partial charge >= 0.3 is 17.8 Å². The third-order valence-electron chi connectivity index (χ3n) is 12.1. The summed E-state index contributed by atoms with van der Waals surface area (Å²) in [6, 6.07) is 16.1. The molecule has 5 amide bonds. The SMILES string of the molecule is CC(=O)NCCOCCOCCOCCOCCC(=O)C[C@H](C(=O)N[C@@H](CCCNC(N)=O)C(=O)Cc1ccc(COC(=O)N(C)Cc2ccc(Oc3ccc(Cn4c(=O)[nH]c5c(N)nc(C)nc54)cn3)cc2)cc1)C(C)C. The van der Waals surface area contributed by atoms with E-state index in [9.17, 15) is 33.6 Å². The summed E-state index contributed by atoms with van der Waals surface area (Å²) in [4.78, 5) is 105. The first-order valence-corrected chi connectivity index (χ1v) is 25.8. The van der Waals surface area contributed by atoms with E-state index in [4.69, 9.17) is 39.9 Å². The molecule has 0 radical (unpaired) electrons. The molecule has 78 heavy (non-hydrogen) atoms. The number of nitrogens with one attached hydrogen (secondary N) is 4. The minimum atomic E-state index is -0.901. The second kappa shape index (κ2) is 32.1. The van der Waals surface area contributed by atoms with E-state index in [1.165, 1.54) is 16.4 Å². The van der Waals surface area contributed by atoms with Crippen LogP contribution in [-0.4, -0.2) is 144 Å². The number of primary amides is 1. The molecular formula is C54H73N11O13. The largest absolute Gasteiger partial charge is 0.445 e. The van der Waals surface area contributed by atoms with Gasteiger partial charge in [-0.1, -0.05) is 56.3 Å². The average Bonchev–Trinajstić information content (AvgIpc) is 3.80. The Kier molecular flexibility index (Phi) is 25.1. The lowest BCUT2D eigenvalue weighted by Crippen LogP contribution is -2.46. The van der Waals surface area contributed by atoms with E-state index in [1.54, 1.807) is 68.7 Å². The summed E-state index contributed by atoms with van der Waals surface area (Å²) in [7, 11) is 1.62. The molecule has 0 spiro atoms. The number of hydrogen-bond donors (Lipinski definition) is 6. The molecule has 5 rings (SSSR count). The van der Waals surface area contributed by atoms with Gasteiger partial charge in [0, 0.05) is 71.0 Å². The average molecular weight is 1080 g/mol. The highest BCUT2D eigenvalue weighted by molar-refractivity contribution is 5.93. The number of imidazole rings is 1. The zero-order chi connectivity index (χ0) is 56.4. The van der Waals surface area contributed by atoms with E-state index >= 15 is 0 Å². The van der Waals surface area contributed by atoms with Crippen LogP contribution < -0.4 is 37.8 Å². The first-order valence-electron chi connectivity index (χ1n) is 25.8. The number of aromatic nitrogens is 5. The monoisotopic (exact) mass is 1080 g/mol. The first kappa shape index (κ1) is 61.1. The normalized spacial score (nSPS) is 12.0. The predicted octanol–water partition coefficient (Wildman–Crippen LogP) is 3.88. The topological polar surface area (TPSA) is 326 Å². The maximum absolute atomic E-state index is 13.8. The predicted molar refractivity (Wildman–Crippen MR) is 287 cm³/mol. The minimum absolute atomic E-state index is 0.0111. The second-order valence-electron chi connectivity index (χ2n) is 18.8. The molecule has 3 aromatic heterocycles. The zero-order valence-electron chi connectivity index (χ0n) is 45.0. The molecule has 0 aliphatic heterocycles. The number of anilines is 1. The van der Waals surface area contributed by atoms with Crippen molar-refractivity contribution in [1.82, 2.24) is 45.4 Å². The van der Waals surface area contributed by atoms with Crippen LogP contribution in [-0.2, 0) is 69.0 Å². The lowest BCUT2D eigenvalue weighted by molar-refractivity contribution is -0.134. The summed E-state index contributed by atoms with van der Waals surface area (Å²) in [5.41, 5.74) is 14.6. The van der Waals surface area contributed by atoms with Crippen LogP contribution in [0.25, 0.3) is 11.2 Å². The summed E-state index contributed by atoms with van der Waals surface area (Å²) in [6.45, 7) is 10.6. The molecule has 0 unspecified atom stereocenters. The maximum atomic E-state index is 13.8. The molecule has 0 saturated carbocycles. The number of amides is 5. The fourth-order valence-corrected chi connectivity index (χ4v) is 7.85. The Labute approximate surface area is 452 Å². The highest BCUT2D eigenvalue weighted by Crippen LogP contribution is 2.23. The molecule has 422 valence electrons. The van der Waals surface area contributed by atoms with Gasteiger partial charge in [0.1, 0.15) is 29.5 Å². The molecule has 5 aromatic rings. The molecule has 8 N–H and O–H groups in total. The van der Waals surface area contributed by atoms with Crippen molar-refractivity contribution < 1.29 is 57.2 Å². The third-order valence-corrected chi connectivity index (χ3v) is 12.1. The van der Waals surface area contributed by atoms with Gasteiger partial charge in [-0.2, -0.15) is 0 Å². The van der Waals surface area contributed by atoms with Gasteiger partial charge in [0.05, 0.1) is 65.4 Å². The number of aryl methyl sites for hydroxylation is 1. The highest BCUT2D eigenvalue weighted by Gasteiger charge is 2.29. The van der Waals surface area contributed by atoms with Crippen molar-refractivity contribution in [3.05, 3.63) is 105 Å². The number of carbonyl (C=O) groups excluding carboxylic acids is 6. The van der Waals surface area contributed by atoms with Gasteiger partial charge in [-0.3, -0.25) is 23.7 Å². The second-order valence-corrected chi connectivity index (χ2v) is 18.8. The Morgan fingerprint density at radius 1 is 0.782 bits per heavy atom. The van der Waals surface area contributed by atoms with E-state index in [0.29, 0.717) is 92.4 Å². The van der Waals surface area contributed by atoms with Crippen LogP contribution in [0.1, 0.15) is 74.5 Å². The summed E-state index contributed by atoms with van der Waals surface area (Å²) >= 11 is 0. The number of H-pyrrole nitrogens is 1. The number of ether oxygens (including phenoxy) is 6. The van der Waals surface area contributed by atoms with Crippen molar-refractivity contribution >= 4 is 52.5 Å². The Morgan fingerprint density at radius 3 is 2.04 bits per heavy atom. The number of hydrogen-bond acceptors (Lipinski definition) is 17. The number of nitrogens with zero attached hydrogens (tertiary/aromatic N) is 5. The third kappa shape index (κ3) is 21.3. The van der Waals surface area contributed by atoms with E-state index in [2.05, 4.69) is 35.9 Å². The van der Waals surface area contributed by atoms with E-state index in [1.807, 2.05) is 26.0 Å². The number of fused-ring (bicyclic) bond motifs is 1. The van der Waals surface area contributed by atoms with Crippen LogP contribution in [0.5, 0.6) is 11.6 Å². The van der Waals surface area contributed by atoms with Gasteiger partial charge in [-0.15, -0.1) is 0 Å². The number of carbonyl (C=O) groups is 6. The molecule has 2 atom stereocenters. The van der Waals surface area contributed by atoms with Gasteiger partial charge in [-0.05, 0) is 60.1 Å². The van der Waals surface area contributed by atoms with Crippen molar-refractivity contribution in [2.45, 2.75) is 85.5 Å². The Bertz CT molecular complexity index is 2790. The van der Waals surface area contributed by atoms with Gasteiger partial charge in [-0.25, -0.2) is 29.3 Å². The van der Waals surface area contributed by atoms with Gasteiger partial charge in [0.25, 0.3) is 0 Å². The molecule has 0 fully saturated rings. The fourth-order valence-electron chi connectivity index (χ4n) is 7.85. The van der Waals surface area contributed by atoms with E-state index in [-0.39, 0.29) is 100 Å². The van der Waals surface area contributed by atoms with Gasteiger partial charge in [0.15, 0.2) is 17.2 Å². The van der Waals surface area contributed by atoms with Crippen molar-refractivity contribution in [1.29, 1.82) is 0 Å². The number of urea groups is 1. The van der Waals surface area contributed by atoms with Crippen molar-refractivity contribution in [2.24, 2.45) is 17.6 Å². The molecular weight excluding hydrogens is 1010 g/mol. The molecule has 0 aliphatic carbocycles. The number of pyridine rings is 1. The molecule has 24 nitrogen and oxygen atoms in total. The van der Waals surface area contributed by atoms with Gasteiger partial charge < -0.3 is 65.7 Å². The lowest BCUT2D eigenvalue weighted by atomic mass is 9.88. The number of rotatable bonds is 35. The fraction of sp³-hybridized carbons (Fsp3) is 0.481. The molecule has 0 aliphatic rings. The maximum Gasteiger partial charge on any atom is 0.410 e. The quantitative estimate of drug-likeness (QED) is 0.0314. The van der Waals surface area contributed by atoms with Crippen LogP contribution >= 0.6 is 0 Å². The summed E-state index contributed by atoms with van der Waals surface area (Å²) < 4.78 is 34.8. The minimum Gasteiger partial charge on any atom is -0.445 e. The smallest absolute Gasteiger partial charge is 0.410 e. The number of aromatic amines is 1. The Balaban J connectivity index is 1.01. The number of ketones is 2. The van der Waals surface area contributed by atoms with Crippen LogP contribution in [0, 0.1) is 18.8 Å². The molecule has 3 heterocycles. The first-order chi connectivity index (χ1) is 37.4. The van der Waals surface area contributed by atoms with Gasteiger partial charge in [0.2, 0.25) is 17.7 Å². The highest BCUT2D eigenvalue weighted by atomic mass is 16.6. The Hall–Kier alpha value is -7.80. The number of nitrogens with two attached hydrogens (primary N) is 2. The summed E-state index contributed by atoms with van der Waals surface area (Å²) in [5, 5.41) is 8.03. The Morgan fingerprint density at radius 2 is 1.41 bits per heavy atom. The number of Topliss-reactive ketones (excluding diaryl/α,β-unsaturated/α-hetero) is 2. The summed E-state index contributed by atoms with van der Waals surface area (Å²) in [5.74, 6) is -0.325. The van der Waals surface area contributed by atoms with Crippen molar-refractivity contribution in [3.8, 4) is 11.6 Å². The van der Waals surface area contributed by atoms with Crippen LogP contribution in [0.2, 0.25) is 0 Å². The number of nitrogen functional groups attached to an aromatic ring is 1. The number of benzene rings is 2.